The van der Waals surface area contributed by atoms with Crippen molar-refractivity contribution in [1.82, 2.24) is 0 Å². The van der Waals surface area contributed by atoms with Crippen LogP contribution >= 0.6 is 23.2 Å². The zero-order chi connectivity index (χ0) is 20.8. The second-order valence-electron chi connectivity index (χ2n) is 6.40. The second-order valence-corrected chi connectivity index (χ2v) is 7.22. The lowest BCUT2D eigenvalue weighted by molar-refractivity contribution is -0.200. The number of aldehydes is 1. The molecule has 0 heterocycles. The van der Waals surface area contributed by atoms with Crippen LogP contribution in [-0.2, 0) is 9.68 Å². The zero-order valence-corrected chi connectivity index (χ0v) is 17.1. The highest BCUT2D eigenvalue weighted by atomic mass is 35.5. The molecule has 8 heteroatoms. The monoisotopic (exact) mass is 424 g/mol. The van der Waals surface area contributed by atoms with Gasteiger partial charge in [-0.25, -0.2) is 5.26 Å². The number of aryl methyl sites for hydroxylation is 1. The quantitative estimate of drug-likeness (QED) is 0.217. The Hall–Kier alpha value is -2.25. The van der Waals surface area contributed by atoms with Crippen LogP contribution in [-0.4, -0.2) is 18.1 Å². The van der Waals surface area contributed by atoms with Gasteiger partial charge >= 0.3 is 0 Å². The molecular formula is C20H22Cl2N2O4. The van der Waals surface area contributed by atoms with Crippen molar-refractivity contribution in [2.75, 3.05) is 11.9 Å². The molecule has 2 aromatic rings. The summed E-state index contributed by atoms with van der Waals surface area (Å²) in [6, 6.07) is 8.53. The normalized spacial score (nSPS) is 12.8. The summed E-state index contributed by atoms with van der Waals surface area (Å²) in [5.41, 5.74) is 8.00. The van der Waals surface area contributed by atoms with E-state index < -0.39 is 0 Å². The number of nitrogens with one attached hydrogen (secondary N) is 1. The molecule has 0 bridgehead atoms. The molecule has 0 saturated heterocycles. The molecule has 0 amide bonds. The van der Waals surface area contributed by atoms with E-state index in [4.69, 9.17) is 38.9 Å². The predicted octanol–water partition coefficient (Wildman–Crippen LogP) is 5.34. The predicted molar refractivity (Wildman–Crippen MR) is 111 cm³/mol. The first-order valence-corrected chi connectivity index (χ1v) is 9.26. The summed E-state index contributed by atoms with van der Waals surface area (Å²) in [4.78, 5) is 15.6. The minimum absolute atomic E-state index is 0.00849. The lowest BCUT2D eigenvalue weighted by atomic mass is 9.86. The molecule has 0 aromatic heterocycles. The van der Waals surface area contributed by atoms with Crippen LogP contribution in [0.2, 0.25) is 10.0 Å². The summed E-state index contributed by atoms with van der Waals surface area (Å²) in [6.45, 7) is 7.69. The number of carbonyl (C=O) groups excluding carboxylic acids is 1. The Kier molecular flexibility index (Phi) is 7.71. The van der Waals surface area contributed by atoms with Gasteiger partial charge in [0.05, 0.1) is 10.0 Å². The second kappa shape index (κ2) is 9.80. The standard InChI is InChI=1S/C20H22Cl2N2O4/c1-11-4-5-15(8-16(11)17(10-25)12(2)9-23)27-20-18(21)6-14(7-19(20)22)24-13(3)28-26/h4-8,10,12,17,24,26H,3,9,23H2,1-2H3. The largest absolute Gasteiger partial charge is 0.454 e. The van der Waals surface area contributed by atoms with Crippen LogP contribution in [0.5, 0.6) is 11.5 Å². The molecule has 4 N–H and O–H groups in total. The van der Waals surface area contributed by atoms with Crippen LogP contribution in [0.15, 0.2) is 42.8 Å². The number of hydrogen-bond donors (Lipinski definition) is 3. The molecule has 0 fully saturated rings. The number of hydrogen-bond acceptors (Lipinski definition) is 6. The van der Waals surface area contributed by atoms with E-state index in [1.54, 1.807) is 24.3 Å². The van der Waals surface area contributed by atoms with Crippen LogP contribution in [0.4, 0.5) is 5.69 Å². The zero-order valence-electron chi connectivity index (χ0n) is 15.5. The summed E-state index contributed by atoms with van der Waals surface area (Å²) in [5, 5.41) is 11.7. The Labute approximate surface area is 173 Å². The molecule has 0 aliphatic carbocycles. The van der Waals surface area contributed by atoms with E-state index >= 15 is 0 Å². The number of ether oxygens (including phenoxy) is 1. The topological polar surface area (TPSA) is 93.8 Å². The number of carbonyl (C=O) groups is 1. The molecule has 0 radical (unpaired) electrons. The Morgan fingerprint density at radius 2 is 1.96 bits per heavy atom. The molecule has 2 rings (SSSR count). The van der Waals surface area contributed by atoms with E-state index in [2.05, 4.69) is 16.8 Å². The Morgan fingerprint density at radius 3 is 2.50 bits per heavy atom. The fourth-order valence-electron chi connectivity index (χ4n) is 2.73. The number of nitrogens with two attached hydrogens (primary N) is 1. The number of halogens is 2. The molecule has 2 unspecified atom stereocenters. The van der Waals surface area contributed by atoms with Gasteiger partial charge < -0.3 is 25.5 Å². The third-order valence-electron chi connectivity index (χ3n) is 4.35. The smallest absolute Gasteiger partial charge is 0.227 e. The van der Waals surface area contributed by atoms with Crippen molar-refractivity contribution in [2.24, 2.45) is 11.7 Å². The maximum Gasteiger partial charge on any atom is 0.227 e. The van der Waals surface area contributed by atoms with Crippen LogP contribution in [0, 0.1) is 12.8 Å². The van der Waals surface area contributed by atoms with Gasteiger partial charge in [-0.05, 0) is 61.4 Å². The van der Waals surface area contributed by atoms with Gasteiger partial charge in [0.15, 0.2) is 5.75 Å². The molecule has 150 valence electrons. The maximum absolute atomic E-state index is 11.6. The minimum atomic E-state index is -0.337. The molecule has 0 aliphatic heterocycles. The van der Waals surface area contributed by atoms with Crippen molar-refractivity contribution < 1.29 is 19.7 Å². The van der Waals surface area contributed by atoms with Gasteiger partial charge in [-0.2, -0.15) is 0 Å². The van der Waals surface area contributed by atoms with E-state index in [1.165, 1.54) is 0 Å². The van der Waals surface area contributed by atoms with E-state index in [9.17, 15) is 4.79 Å². The Bertz CT molecular complexity index is 850. The number of rotatable bonds is 9. The van der Waals surface area contributed by atoms with Crippen molar-refractivity contribution in [3.05, 3.63) is 64.0 Å². The first-order chi connectivity index (χ1) is 13.3. The fourth-order valence-corrected chi connectivity index (χ4v) is 3.30. The van der Waals surface area contributed by atoms with Crippen molar-refractivity contribution in [2.45, 2.75) is 19.8 Å². The number of anilines is 1. The van der Waals surface area contributed by atoms with Crippen molar-refractivity contribution in [3.63, 3.8) is 0 Å². The lowest BCUT2D eigenvalue weighted by Crippen LogP contribution is -2.20. The maximum atomic E-state index is 11.6. The van der Waals surface area contributed by atoms with Gasteiger partial charge in [-0.1, -0.05) is 36.2 Å². The fraction of sp³-hybridized carbons (Fsp3) is 0.250. The van der Waals surface area contributed by atoms with Gasteiger partial charge in [0, 0.05) is 11.6 Å². The molecule has 0 spiro atoms. The SMILES string of the molecule is C=C(Nc1cc(Cl)c(Oc2ccc(C)c(C(C=O)C(C)CN)c2)c(Cl)c1)OO. The summed E-state index contributed by atoms with van der Waals surface area (Å²) >= 11 is 12.6. The minimum Gasteiger partial charge on any atom is -0.454 e. The van der Waals surface area contributed by atoms with Gasteiger partial charge in [0.2, 0.25) is 5.88 Å². The third kappa shape index (κ3) is 5.17. The van der Waals surface area contributed by atoms with Crippen LogP contribution in [0.1, 0.15) is 24.0 Å². The molecule has 2 aromatic carbocycles. The van der Waals surface area contributed by atoms with Crippen LogP contribution in [0.25, 0.3) is 0 Å². The molecule has 0 saturated carbocycles. The third-order valence-corrected chi connectivity index (χ3v) is 4.91. The van der Waals surface area contributed by atoms with E-state index in [-0.39, 0.29) is 33.5 Å². The molecular weight excluding hydrogens is 403 g/mol. The average Bonchev–Trinajstić information content (AvgIpc) is 2.67. The molecule has 28 heavy (non-hydrogen) atoms. The highest BCUT2D eigenvalue weighted by Gasteiger charge is 2.21. The summed E-state index contributed by atoms with van der Waals surface area (Å²) in [6.07, 6.45) is 0.903. The van der Waals surface area contributed by atoms with E-state index in [1.807, 2.05) is 19.9 Å². The summed E-state index contributed by atoms with van der Waals surface area (Å²) in [5.74, 6) is 0.317. The van der Waals surface area contributed by atoms with Crippen LogP contribution < -0.4 is 15.8 Å². The summed E-state index contributed by atoms with van der Waals surface area (Å²) in [7, 11) is 0. The van der Waals surface area contributed by atoms with Gasteiger partial charge in [0.1, 0.15) is 12.0 Å². The highest BCUT2D eigenvalue weighted by molar-refractivity contribution is 6.37. The Morgan fingerprint density at radius 1 is 1.32 bits per heavy atom. The van der Waals surface area contributed by atoms with Gasteiger partial charge in [0.25, 0.3) is 0 Å². The average molecular weight is 425 g/mol. The highest BCUT2D eigenvalue weighted by Crippen LogP contribution is 2.40. The van der Waals surface area contributed by atoms with Crippen LogP contribution in [0.3, 0.4) is 0 Å². The van der Waals surface area contributed by atoms with Crippen molar-refractivity contribution in [3.8, 4) is 11.5 Å². The number of benzene rings is 2. The van der Waals surface area contributed by atoms with Gasteiger partial charge in [-0.15, -0.1) is 0 Å². The first-order valence-electron chi connectivity index (χ1n) is 8.50. The van der Waals surface area contributed by atoms with Crippen molar-refractivity contribution >= 4 is 35.2 Å². The molecule has 6 nitrogen and oxygen atoms in total. The first kappa shape index (κ1) is 22.0. The van der Waals surface area contributed by atoms with E-state index in [0.29, 0.717) is 18.0 Å². The van der Waals surface area contributed by atoms with E-state index in [0.717, 1.165) is 17.4 Å². The Balaban J connectivity index is 2.34. The molecule has 2 atom stereocenters. The van der Waals surface area contributed by atoms with Crippen molar-refractivity contribution in [1.29, 1.82) is 0 Å². The molecule has 0 aliphatic rings. The lowest BCUT2D eigenvalue weighted by Gasteiger charge is -2.20. The summed E-state index contributed by atoms with van der Waals surface area (Å²) < 4.78 is 5.89. The van der Waals surface area contributed by atoms with Gasteiger partial charge in [-0.3, -0.25) is 0 Å².